The second-order valence-electron chi connectivity index (χ2n) is 9.62. The molecule has 0 unspecified atom stereocenters. The molecule has 2 aliphatic rings. The molecule has 5 rings (SSSR count). The molecule has 3 aromatic rings. The van der Waals surface area contributed by atoms with Crippen molar-refractivity contribution in [2.45, 2.75) is 50.0 Å². The number of fused-ring (bicyclic) bond motifs is 1. The average molecular weight is 562 g/mol. The first-order valence-corrected chi connectivity index (χ1v) is 13.3. The van der Waals surface area contributed by atoms with Crippen molar-refractivity contribution in [3.05, 3.63) is 124 Å². The Morgan fingerprint density at radius 1 is 0.951 bits per heavy atom. The number of rotatable bonds is 11. The average Bonchev–Trinajstić information content (AvgIpc) is 3.00. The molecule has 214 valence electrons. The number of hydrogen-bond donors (Lipinski definition) is 0. The lowest BCUT2D eigenvalue weighted by atomic mass is 9.97. The number of nitrogens with zero attached hydrogens (tertiary/aromatic N) is 1. The number of carbonyl (C=O) groups is 1. The smallest absolute Gasteiger partial charge is 0.311 e. The van der Waals surface area contributed by atoms with Gasteiger partial charge in [0, 0.05) is 17.2 Å². The Hall–Kier alpha value is -3.93. The van der Waals surface area contributed by atoms with Gasteiger partial charge in [-0.25, -0.2) is 0 Å². The number of nitro groups is 1. The Balaban J connectivity index is 1.42. The van der Waals surface area contributed by atoms with E-state index in [-0.39, 0.29) is 37.5 Å². The molecule has 0 radical (unpaired) electrons. The summed E-state index contributed by atoms with van der Waals surface area (Å²) >= 11 is 0. The van der Waals surface area contributed by atoms with Crippen molar-refractivity contribution in [3.63, 3.8) is 0 Å². The van der Waals surface area contributed by atoms with Crippen LogP contribution >= 0.6 is 0 Å². The molecule has 0 aliphatic carbocycles. The van der Waals surface area contributed by atoms with E-state index in [1.807, 2.05) is 60.7 Å². The number of para-hydroxylation sites is 1. The topological polar surface area (TPSA) is 116 Å². The molecular formula is C31H31NO9. The highest BCUT2D eigenvalue weighted by Gasteiger charge is 2.53. The largest absolute Gasteiger partial charge is 0.454 e. The summed E-state index contributed by atoms with van der Waals surface area (Å²) in [6.45, 7) is 4.23. The summed E-state index contributed by atoms with van der Waals surface area (Å²) in [6, 6.07) is 25.1. The van der Waals surface area contributed by atoms with Crippen LogP contribution in [-0.2, 0) is 46.2 Å². The van der Waals surface area contributed by atoms with Crippen molar-refractivity contribution in [2.75, 3.05) is 13.2 Å². The Labute approximate surface area is 237 Å². The Kier molecular flexibility index (Phi) is 9.50. The monoisotopic (exact) mass is 561 g/mol. The second kappa shape index (κ2) is 13.6. The molecule has 3 aromatic carbocycles. The third-order valence-electron chi connectivity index (χ3n) is 6.81. The fraction of sp³-hybridized carbons (Fsp3) is 0.323. The van der Waals surface area contributed by atoms with Gasteiger partial charge in [-0.3, -0.25) is 14.9 Å². The summed E-state index contributed by atoms with van der Waals surface area (Å²) in [6.07, 6.45) is -3.58. The number of carbonyl (C=O) groups excluding carboxylic acids is 1. The minimum atomic E-state index is -1.05. The number of nitro benzene ring substituents is 1. The zero-order valence-electron chi connectivity index (χ0n) is 22.3. The van der Waals surface area contributed by atoms with Crippen LogP contribution in [0.15, 0.2) is 97.6 Å². The first kappa shape index (κ1) is 28.6. The van der Waals surface area contributed by atoms with E-state index in [2.05, 4.69) is 6.58 Å². The van der Waals surface area contributed by atoms with E-state index in [1.54, 1.807) is 18.2 Å². The number of hydrogen-bond acceptors (Lipinski definition) is 9. The van der Waals surface area contributed by atoms with Crippen LogP contribution in [0.3, 0.4) is 0 Å². The van der Waals surface area contributed by atoms with E-state index in [9.17, 15) is 14.9 Å². The van der Waals surface area contributed by atoms with E-state index in [1.165, 1.54) is 12.1 Å². The van der Waals surface area contributed by atoms with Gasteiger partial charge in [-0.05, 0) is 5.56 Å². The van der Waals surface area contributed by atoms with E-state index >= 15 is 0 Å². The quantitative estimate of drug-likeness (QED) is 0.142. The van der Waals surface area contributed by atoms with Crippen LogP contribution in [0.1, 0.15) is 23.0 Å². The molecule has 2 saturated heterocycles. The standard InChI is InChI=1S/C31H31NO9/c1-2-17-36-31-29(40-26(33)18-23-15-9-10-16-24(23)32(34)35)28(37-19-21-11-5-3-6-12-21)27-25(39-31)20-38-30(41-27)22-13-7-4-8-14-22/h2-16,25,27-31H,1,17-20H2/t25-,27-,28+,29-,30-,31-/m1/s1. The zero-order valence-corrected chi connectivity index (χ0v) is 22.3. The SMILES string of the molecule is C=CCO[C@@H]1O[C@@H]2CO[C@@H](c3ccccc3)O[C@H]2[C@H](OCc2ccccc2)[C@H]1OC(=O)Cc1ccccc1[N+](=O)[O-]. The van der Waals surface area contributed by atoms with Crippen LogP contribution in [0, 0.1) is 10.1 Å². The van der Waals surface area contributed by atoms with Crippen LogP contribution in [0.25, 0.3) is 0 Å². The van der Waals surface area contributed by atoms with E-state index in [0.29, 0.717) is 0 Å². The lowest BCUT2D eigenvalue weighted by Gasteiger charge is -2.48. The summed E-state index contributed by atoms with van der Waals surface area (Å²) in [5.74, 6) is -0.696. The van der Waals surface area contributed by atoms with Crippen molar-refractivity contribution in [1.29, 1.82) is 0 Å². The summed E-state index contributed by atoms with van der Waals surface area (Å²) in [7, 11) is 0. The molecule has 0 saturated carbocycles. The first-order chi connectivity index (χ1) is 20.0. The molecule has 0 N–H and O–H groups in total. The molecule has 41 heavy (non-hydrogen) atoms. The highest BCUT2D eigenvalue weighted by Crippen LogP contribution is 2.37. The maximum atomic E-state index is 13.2. The van der Waals surface area contributed by atoms with Gasteiger partial charge in [0.05, 0.1) is 31.2 Å². The van der Waals surface area contributed by atoms with Crippen LogP contribution in [0.2, 0.25) is 0 Å². The van der Waals surface area contributed by atoms with E-state index < -0.39 is 47.9 Å². The highest BCUT2D eigenvalue weighted by atomic mass is 16.8. The normalized spacial score (nSPS) is 25.6. The van der Waals surface area contributed by atoms with Gasteiger partial charge >= 0.3 is 5.97 Å². The molecule has 0 bridgehead atoms. The molecular weight excluding hydrogens is 530 g/mol. The summed E-state index contributed by atoms with van der Waals surface area (Å²) in [4.78, 5) is 24.2. The van der Waals surface area contributed by atoms with Gasteiger partial charge < -0.3 is 28.4 Å². The number of ether oxygens (including phenoxy) is 6. The maximum absolute atomic E-state index is 13.2. The molecule has 2 heterocycles. The predicted molar refractivity (Wildman–Crippen MR) is 147 cm³/mol. The van der Waals surface area contributed by atoms with Crippen molar-refractivity contribution >= 4 is 11.7 Å². The predicted octanol–water partition coefficient (Wildman–Crippen LogP) is 4.68. The van der Waals surface area contributed by atoms with Gasteiger partial charge in [-0.15, -0.1) is 6.58 Å². The zero-order chi connectivity index (χ0) is 28.6. The Morgan fingerprint density at radius 3 is 2.39 bits per heavy atom. The summed E-state index contributed by atoms with van der Waals surface area (Å²) in [5, 5.41) is 11.5. The molecule has 0 amide bonds. The molecule has 2 fully saturated rings. The molecule has 10 heteroatoms. The number of benzene rings is 3. The van der Waals surface area contributed by atoms with Gasteiger partial charge in [0.25, 0.3) is 5.69 Å². The van der Waals surface area contributed by atoms with Gasteiger partial charge in [0.2, 0.25) is 0 Å². The maximum Gasteiger partial charge on any atom is 0.311 e. The van der Waals surface area contributed by atoms with Crippen molar-refractivity contribution in [1.82, 2.24) is 0 Å². The van der Waals surface area contributed by atoms with Crippen LogP contribution in [0.5, 0.6) is 0 Å². The summed E-state index contributed by atoms with van der Waals surface area (Å²) < 4.78 is 36.8. The molecule has 0 spiro atoms. The van der Waals surface area contributed by atoms with Crippen molar-refractivity contribution < 1.29 is 38.1 Å². The van der Waals surface area contributed by atoms with Gasteiger partial charge in [-0.1, -0.05) is 84.9 Å². The number of esters is 1. The van der Waals surface area contributed by atoms with Crippen molar-refractivity contribution in [3.8, 4) is 0 Å². The fourth-order valence-electron chi connectivity index (χ4n) is 4.89. The third-order valence-corrected chi connectivity index (χ3v) is 6.81. The van der Waals surface area contributed by atoms with Gasteiger partial charge in [-0.2, -0.15) is 0 Å². The Morgan fingerprint density at radius 2 is 1.66 bits per heavy atom. The van der Waals surface area contributed by atoms with Crippen molar-refractivity contribution in [2.24, 2.45) is 0 Å². The van der Waals surface area contributed by atoms with E-state index in [0.717, 1.165) is 11.1 Å². The lowest BCUT2D eigenvalue weighted by Crippen LogP contribution is -2.64. The summed E-state index contributed by atoms with van der Waals surface area (Å²) in [5.41, 5.74) is 1.80. The minimum absolute atomic E-state index is 0.125. The van der Waals surface area contributed by atoms with Crippen LogP contribution in [-0.4, -0.2) is 54.8 Å². The van der Waals surface area contributed by atoms with Crippen LogP contribution < -0.4 is 0 Å². The Bertz CT molecular complexity index is 1320. The molecule has 6 atom stereocenters. The first-order valence-electron chi connectivity index (χ1n) is 13.3. The fourth-order valence-corrected chi connectivity index (χ4v) is 4.89. The third kappa shape index (κ3) is 7.05. The lowest BCUT2D eigenvalue weighted by molar-refractivity contribution is -0.385. The second-order valence-corrected chi connectivity index (χ2v) is 9.62. The van der Waals surface area contributed by atoms with Crippen LogP contribution in [0.4, 0.5) is 5.69 Å². The van der Waals surface area contributed by atoms with Gasteiger partial charge in [0.15, 0.2) is 18.7 Å². The molecule has 0 aromatic heterocycles. The van der Waals surface area contributed by atoms with E-state index in [4.69, 9.17) is 28.4 Å². The molecule has 2 aliphatic heterocycles. The molecule has 10 nitrogen and oxygen atoms in total. The minimum Gasteiger partial charge on any atom is -0.454 e. The van der Waals surface area contributed by atoms with Gasteiger partial charge in [0.1, 0.15) is 18.3 Å². The highest BCUT2D eigenvalue weighted by molar-refractivity contribution is 5.74.